The molecule has 0 radical (unpaired) electrons. The zero-order chi connectivity index (χ0) is 24.2. The molecule has 6 nitrogen and oxygen atoms in total. The van der Waals surface area contributed by atoms with Crippen LogP contribution in [-0.2, 0) is 16.0 Å². The average Bonchev–Trinajstić information content (AvgIpc) is 2.78. The molecule has 2 rings (SSSR count). The van der Waals surface area contributed by atoms with Crippen molar-refractivity contribution in [2.75, 3.05) is 0 Å². The summed E-state index contributed by atoms with van der Waals surface area (Å²) in [6.45, 7) is 3.90. The number of aromatic hydroxyl groups is 1. The summed E-state index contributed by atoms with van der Waals surface area (Å²) in [5.41, 5.74) is 0.240. The van der Waals surface area contributed by atoms with Crippen LogP contribution < -0.4 is 5.32 Å². The van der Waals surface area contributed by atoms with Crippen LogP contribution >= 0.6 is 0 Å². The maximum atomic E-state index is 13.9. The minimum atomic E-state index is -0.906. The molecule has 1 aromatic carbocycles. The van der Waals surface area contributed by atoms with Gasteiger partial charge in [-0.05, 0) is 36.8 Å². The summed E-state index contributed by atoms with van der Waals surface area (Å²) in [5, 5.41) is 23.3. The fourth-order valence-electron chi connectivity index (χ4n) is 3.35. The minimum Gasteiger partial charge on any atom is -0.504 e. The van der Waals surface area contributed by atoms with Gasteiger partial charge in [-0.25, -0.2) is 9.18 Å². The molecule has 1 heterocycles. The summed E-state index contributed by atoms with van der Waals surface area (Å²) in [7, 11) is 0. The first-order valence-corrected chi connectivity index (χ1v) is 11.2. The van der Waals surface area contributed by atoms with E-state index in [0.717, 1.165) is 12.5 Å². The van der Waals surface area contributed by atoms with Crippen LogP contribution in [0, 0.1) is 11.7 Å². The van der Waals surface area contributed by atoms with Gasteiger partial charge in [-0.15, -0.1) is 0 Å². The van der Waals surface area contributed by atoms with E-state index in [1.165, 1.54) is 18.3 Å². The first kappa shape index (κ1) is 26.1. The highest BCUT2D eigenvalue weighted by Gasteiger charge is 2.26. The largest absolute Gasteiger partial charge is 0.504 e. The van der Waals surface area contributed by atoms with Crippen molar-refractivity contribution in [1.82, 2.24) is 5.32 Å². The third-order valence-electron chi connectivity index (χ3n) is 5.34. The number of cyclic esters (lactones) is 1. The van der Waals surface area contributed by atoms with Gasteiger partial charge in [0.15, 0.2) is 11.6 Å². The number of aliphatic hydroxyl groups is 1. The van der Waals surface area contributed by atoms with Gasteiger partial charge in [-0.1, -0.05) is 56.4 Å². The summed E-state index contributed by atoms with van der Waals surface area (Å²) in [6.07, 6.45) is 14.2. The predicted octanol–water partition coefficient (Wildman–Crippen LogP) is 4.49. The van der Waals surface area contributed by atoms with Crippen molar-refractivity contribution in [2.24, 2.45) is 5.92 Å². The van der Waals surface area contributed by atoms with E-state index in [1.807, 2.05) is 32.1 Å². The predicted molar refractivity (Wildman–Crippen MR) is 125 cm³/mol. The molecule has 0 saturated carbocycles. The Morgan fingerprint density at radius 2 is 2.06 bits per heavy atom. The second-order valence-corrected chi connectivity index (χ2v) is 7.99. The molecule has 7 heteroatoms. The van der Waals surface area contributed by atoms with Gasteiger partial charge in [0.2, 0.25) is 5.91 Å². The Hall–Kier alpha value is -3.19. The molecule has 3 N–H and O–H groups in total. The highest BCUT2D eigenvalue weighted by molar-refractivity contribution is 5.94. The van der Waals surface area contributed by atoms with Crippen LogP contribution in [0.1, 0.15) is 55.5 Å². The van der Waals surface area contributed by atoms with E-state index in [1.54, 1.807) is 18.2 Å². The molecule has 1 aromatic rings. The van der Waals surface area contributed by atoms with Gasteiger partial charge in [-0.2, -0.15) is 0 Å². The number of fused-ring (bicyclic) bond motifs is 1. The van der Waals surface area contributed by atoms with Crippen LogP contribution in [0.15, 0.2) is 60.9 Å². The van der Waals surface area contributed by atoms with Crippen molar-refractivity contribution in [1.29, 1.82) is 0 Å². The van der Waals surface area contributed by atoms with Gasteiger partial charge < -0.3 is 20.3 Å². The molecule has 0 aliphatic carbocycles. The molecule has 3 atom stereocenters. The summed E-state index contributed by atoms with van der Waals surface area (Å²) in [5.74, 6) is -2.88. The molecule has 0 fully saturated rings. The zero-order valence-electron chi connectivity index (χ0n) is 19.0. The number of hydrogen-bond acceptors (Lipinski definition) is 5. The number of allylic oxidation sites excluding steroid dienone is 5. The van der Waals surface area contributed by atoms with E-state index in [2.05, 4.69) is 5.32 Å². The Morgan fingerprint density at radius 1 is 1.27 bits per heavy atom. The molecule has 1 aliphatic heterocycles. The normalized spacial score (nSPS) is 23.2. The first-order chi connectivity index (χ1) is 15.8. The summed E-state index contributed by atoms with van der Waals surface area (Å²) < 4.78 is 19.5. The highest BCUT2D eigenvalue weighted by atomic mass is 19.1. The van der Waals surface area contributed by atoms with E-state index >= 15 is 0 Å². The van der Waals surface area contributed by atoms with Crippen LogP contribution in [0.3, 0.4) is 0 Å². The van der Waals surface area contributed by atoms with Gasteiger partial charge in [0, 0.05) is 25.1 Å². The van der Waals surface area contributed by atoms with E-state index < -0.39 is 29.7 Å². The van der Waals surface area contributed by atoms with Crippen molar-refractivity contribution in [3.8, 4) is 5.75 Å². The van der Waals surface area contributed by atoms with Crippen molar-refractivity contribution < 1.29 is 28.9 Å². The number of esters is 1. The second kappa shape index (κ2) is 13.4. The van der Waals surface area contributed by atoms with Crippen LogP contribution in [-0.4, -0.2) is 34.3 Å². The average molecular weight is 458 g/mol. The molecule has 0 aromatic heterocycles. The molecule has 33 heavy (non-hydrogen) atoms. The fraction of sp³-hybridized carbons (Fsp3) is 0.385. The van der Waals surface area contributed by atoms with Gasteiger partial charge >= 0.3 is 5.97 Å². The lowest BCUT2D eigenvalue weighted by Crippen LogP contribution is -2.28. The Kier molecular flexibility index (Phi) is 10.6. The Bertz CT molecular complexity index is 935. The highest BCUT2D eigenvalue weighted by Crippen LogP contribution is 2.28. The molecule has 0 bridgehead atoms. The van der Waals surface area contributed by atoms with Crippen molar-refractivity contribution >= 4 is 11.9 Å². The summed E-state index contributed by atoms with van der Waals surface area (Å²) >= 11 is 0. The second-order valence-electron chi connectivity index (χ2n) is 7.99. The molecule has 0 unspecified atom stereocenters. The Balaban J connectivity index is 2.16. The number of carbonyl (C=O) groups is 2. The molecule has 178 valence electrons. The SMILES string of the molecule is CC/C=C\C=C/C(=O)N/C=C/C[C@H]1C[C@@H](O)[C@@H](C)C/C=C/Cc2ccc([19F])c(O)c2C(=O)O1. The monoisotopic (exact) mass is 457 g/mol. The lowest BCUT2D eigenvalue weighted by molar-refractivity contribution is -0.115. The minimum absolute atomic E-state index is 0.0621. The third kappa shape index (κ3) is 8.35. The first-order valence-electron chi connectivity index (χ1n) is 11.2. The molecular weight excluding hydrogens is 425 g/mol. The number of rotatable bonds is 6. The van der Waals surface area contributed by atoms with Gasteiger partial charge in [0.05, 0.1) is 6.10 Å². The van der Waals surface area contributed by atoms with Crippen LogP contribution in [0.2, 0.25) is 0 Å². The third-order valence-corrected chi connectivity index (χ3v) is 5.34. The van der Waals surface area contributed by atoms with Gasteiger partial charge in [-0.3, -0.25) is 4.79 Å². The van der Waals surface area contributed by atoms with Crippen LogP contribution in [0.4, 0.5) is 4.39 Å². The lowest BCUT2D eigenvalue weighted by Gasteiger charge is -2.24. The number of phenols is 1. The maximum Gasteiger partial charge on any atom is 0.342 e. The zero-order valence-corrected chi connectivity index (χ0v) is 19.0. The molecular formula is C26H32FNO5. The van der Waals surface area contributed by atoms with Gasteiger partial charge in [0.1, 0.15) is 11.7 Å². The quantitative estimate of drug-likeness (QED) is 0.253. The van der Waals surface area contributed by atoms with Crippen molar-refractivity contribution in [3.05, 3.63) is 77.8 Å². The van der Waals surface area contributed by atoms with Gasteiger partial charge in [0.25, 0.3) is 0 Å². The lowest BCUT2D eigenvalue weighted by atomic mass is 9.93. The molecule has 0 saturated heterocycles. The summed E-state index contributed by atoms with van der Waals surface area (Å²) in [4.78, 5) is 24.6. The van der Waals surface area contributed by atoms with Crippen LogP contribution in [0.5, 0.6) is 5.75 Å². The Morgan fingerprint density at radius 3 is 2.82 bits per heavy atom. The topological polar surface area (TPSA) is 95.9 Å². The Labute approximate surface area is 194 Å². The number of phenolic OH excluding ortho intramolecular Hbond substituents is 1. The number of aliphatic hydroxyl groups excluding tert-OH is 1. The number of benzene rings is 1. The van der Waals surface area contributed by atoms with E-state index in [4.69, 9.17) is 4.74 Å². The molecule has 1 amide bonds. The van der Waals surface area contributed by atoms with Crippen LogP contribution in [0.25, 0.3) is 0 Å². The number of hydrogen-bond donors (Lipinski definition) is 3. The molecule has 1 aliphatic rings. The smallest absolute Gasteiger partial charge is 0.342 e. The maximum absolute atomic E-state index is 13.9. The summed E-state index contributed by atoms with van der Waals surface area (Å²) in [6, 6.07) is 2.57. The number of nitrogens with one attached hydrogen (secondary N) is 1. The number of ether oxygens (including phenoxy) is 1. The van der Waals surface area contributed by atoms with Crippen molar-refractivity contribution in [3.63, 3.8) is 0 Å². The number of halogens is 1. The molecule has 0 spiro atoms. The van der Waals surface area contributed by atoms with E-state index in [9.17, 15) is 24.2 Å². The fourth-order valence-corrected chi connectivity index (χ4v) is 3.35. The van der Waals surface area contributed by atoms with Crippen molar-refractivity contribution in [2.45, 2.75) is 58.2 Å². The standard InChI is InChI=1S/C26H32FNO5/c1-3-4-5-6-13-23(30)28-16-9-12-20-17-22(29)18(2)10-7-8-11-19-14-15-21(27)25(31)24(19)26(32)33-20/h4-9,13-16,18,20,22,29,31H,3,10-12,17H2,1-2H3,(H,28,30)/b5-4-,8-7+,13-6-,16-9+/t18-,20-,22+/m0/s1/i27+0. The van der Waals surface area contributed by atoms with E-state index in [0.29, 0.717) is 18.4 Å². The van der Waals surface area contributed by atoms with E-state index in [-0.39, 0.29) is 30.2 Å². The number of carbonyl (C=O) groups excluding carboxylic acids is 2. The number of amides is 1.